The zero-order valence-electron chi connectivity index (χ0n) is 15.8. The van der Waals surface area contributed by atoms with Crippen molar-refractivity contribution in [1.82, 2.24) is 4.98 Å². The Morgan fingerprint density at radius 2 is 1.81 bits per heavy atom. The van der Waals surface area contributed by atoms with Crippen LogP contribution in [0, 0.1) is 0 Å². The number of alkyl halides is 1. The average Bonchev–Trinajstić information content (AvgIpc) is 3.17. The molecule has 140 valence electrons. The van der Waals surface area contributed by atoms with E-state index in [0.29, 0.717) is 28.2 Å². The van der Waals surface area contributed by atoms with Gasteiger partial charge in [0, 0.05) is 6.20 Å². The predicted octanol–water partition coefficient (Wildman–Crippen LogP) is 4.39. The molecule has 5 nitrogen and oxygen atoms in total. The second-order valence-corrected chi connectivity index (χ2v) is 7.63. The van der Waals surface area contributed by atoms with E-state index in [9.17, 15) is 4.39 Å². The van der Waals surface area contributed by atoms with Crippen LogP contribution in [0.1, 0.15) is 33.3 Å². The Balaban J connectivity index is 1.64. The molecule has 27 heavy (non-hydrogen) atoms. The average molecular weight is 369 g/mol. The van der Waals surface area contributed by atoms with Gasteiger partial charge in [-0.1, -0.05) is 6.07 Å². The molecule has 2 aromatic heterocycles. The standard InChI is InChI=1S/C20H21BFNO4/c1-19(2)20(3,4)27-21(26-19)16-6-5-14(11-13(16)12-22)25-18-15-8-10-24-17(15)7-9-23-18/h5-11H,12H2,1-4H3. The highest BCUT2D eigenvalue weighted by atomic mass is 19.1. The van der Waals surface area contributed by atoms with E-state index in [1.165, 1.54) is 0 Å². The van der Waals surface area contributed by atoms with Gasteiger partial charge in [0.25, 0.3) is 0 Å². The molecular weight excluding hydrogens is 348 g/mol. The number of pyridine rings is 1. The highest BCUT2D eigenvalue weighted by molar-refractivity contribution is 6.62. The maximum Gasteiger partial charge on any atom is 0.495 e. The van der Waals surface area contributed by atoms with E-state index >= 15 is 0 Å². The molecule has 0 spiro atoms. The van der Waals surface area contributed by atoms with Crippen LogP contribution in [0.15, 0.2) is 47.2 Å². The van der Waals surface area contributed by atoms with E-state index in [4.69, 9.17) is 18.5 Å². The number of furan rings is 1. The fourth-order valence-corrected chi connectivity index (χ4v) is 3.02. The molecular formula is C20H21BFNO4. The fraction of sp³-hybridized carbons (Fsp3) is 0.350. The smallest absolute Gasteiger partial charge is 0.464 e. The van der Waals surface area contributed by atoms with Gasteiger partial charge in [0.2, 0.25) is 5.88 Å². The molecule has 4 rings (SSSR count). The lowest BCUT2D eigenvalue weighted by atomic mass is 9.76. The van der Waals surface area contributed by atoms with Gasteiger partial charge in [0.1, 0.15) is 18.0 Å². The molecule has 1 aliphatic heterocycles. The van der Waals surface area contributed by atoms with E-state index in [-0.39, 0.29) is 0 Å². The molecule has 0 saturated carbocycles. The van der Waals surface area contributed by atoms with Crippen LogP contribution in [-0.2, 0) is 16.0 Å². The Hall–Kier alpha value is -2.38. The molecule has 1 aromatic carbocycles. The maximum absolute atomic E-state index is 13.7. The number of nitrogens with zero attached hydrogens (tertiary/aromatic N) is 1. The van der Waals surface area contributed by atoms with Gasteiger partial charge in [0.05, 0.1) is 22.9 Å². The Labute approximate surface area is 157 Å². The number of halogens is 1. The minimum absolute atomic E-state index is 0.412. The summed E-state index contributed by atoms with van der Waals surface area (Å²) in [6.45, 7) is 7.22. The summed E-state index contributed by atoms with van der Waals surface area (Å²) in [5.41, 5.74) is 0.839. The van der Waals surface area contributed by atoms with Crippen LogP contribution >= 0.6 is 0 Å². The van der Waals surface area contributed by atoms with Crippen LogP contribution < -0.4 is 10.2 Å². The topological polar surface area (TPSA) is 53.7 Å². The number of rotatable bonds is 4. The molecule has 0 bridgehead atoms. The normalized spacial score (nSPS) is 18.2. The van der Waals surface area contributed by atoms with Gasteiger partial charge in [0.15, 0.2) is 0 Å². The third-order valence-corrected chi connectivity index (χ3v) is 5.32. The zero-order valence-corrected chi connectivity index (χ0v) is 15.8. The highest BCUT2D eigenvalue weighted by Gasteiger charge is 2.52. The number of benzene rings is 1. The lowest BCUT2D eigenvalue weighted by molar-refractivity contribution is 0.00578. The van der Waals surface area contributed by atoms with Crippen molar-refractivity contribution in [3.05, 3.63) is 48.4 Å². The van der Waals surface area contributed by atoms with Gasteiger partial charge in [-0.2, -0.15) is 0 Å². The minimum atomic E-state index is -0.653. The third kappa shape index (κ3) is 3.11. The molecule has 0 amide bonds. The van der Waals surface area contributed by atoms with E-state index in [0.717, 1.165) is 5.39 Å². The van der Waals surface area contributed by atoms with Crippen LogP contribution in [0.4, 0.5) is 4.39 Å². The Morgan fingerprint density at radius 1 is 1.07 bits per heavy atom. The van der Waals surface area contributed by atoms with E-state index in [1.807, 2.05) is 27.7 Å². The van der Waals surface area contributed by atoms with E-state index in [2.05, 4.69) is 4.98 Å². The van der Waals surface area contributed by atoms with Crippen molar-refractivity contribution in [3.8, 4) is 11.6 Å². The van der Waals surface area contributed by atoms with Gasteiger partial charge >= 0.3 is 7.12 Å². The lowest BCUT2D eigenvalue weighted by Crippen LogP contribution is -2.41. The summed E-state index contributed by atoms with van der Waals surface area (Å²) in [7, 11) is -0.620. The largest absolute Gasteiger partial charge is 0.495 e. The maximum atomic E-state index is 13.7. The molecule has 1 fully saturated rings. The van der Waals surface area contributed by atoms with Crippen LogP contribution in [0.5, 0.6) is 11.6 Å². The van der Waals surface area contributed by atoms with Gasteiger partial charge in [-0.15, -0.1) is 0 Å². The number of aromatic nitrogens is 1. The van der Waals surface area contributed by atoms with Crippen molar-refractivity contribution in [1.29, 1.82) is 0 Å². The molecule has 0 radical (unpaired) electrons. The number of ether oxygens (including phenoxy) is 1. The molecule has 0 aliphatic carbocycles. The summed E-state index contributed by atoms with van der Waals surface area (Å²) in [6, 6.07) is 8.74. The molecule has 0 unspecified atom stereocenters. The van der Waals surface area contributed by atoms with Crippen molar-refractivity contribution in [2.45, 2.75) is 45.6 Å². The minimum Gasteiger partial charge on any atom is -0.464 e. The molecule has 1 saturated heterocycles. The van der Waals surface area contributed by atoms with Gasteiger partial charge < -0.3 is 18.5 Å². The first kappa shape index (κ1) is 18.0. The second-order valence-electron chi connectivity index (χ2n) is 7.63. The van der Waals surface area contributed by atoms with Crippen molar-refractivity contribution >= 4 is 23.6 Å². The van der Waals surface area contributed by atoms with Crippen molar-refractivity contribution in [2.24, 2.45) is 0 Å². The molecule has 0 atom stereocenters. The molecule has 1 aliphatic rings. The quantitative estimate of drug-likeness (QED) is 0.639. The van der Waals surface area contributed by atoms with Crippen LogP contribution in [0.25, 0.3) is 11.0 Å². The van der Waals surface area contributed by atoms with Gasteiger partial charge in [-0.05, 0) is 63.0 Å². The Bertz CT molecular complexity index is 969. The molecule has 7 heteroatoms. The summed E-state index contributed by atoms with van der Waals surface area (Å²) >= 11 is 0. The summed E-state index contributed by atoms with van der Waals surface area (Å²) in [6.07, 6.45) is 3.18. The number of hydrogen-bond donors (Lipinski definition) is 0. The monoisotopic (exact) mass is 369 g/mol. The SMILES string of the molecule is CC1(C)OB(c2ccc(Oc3nccc4occc34)cc2CF)OC1(C)C. The summed E-state index contributed by atoms with van der Waals surface area (Å²) in [5.74, 6) is 0.901. The van der Waals surface area contributed by atoms with Crippen LogP contribution in [-0.4, -0.2) is 23.3 Å². The fourth-order valence-electron chi connectivity index (χ4n) is 3.02. The van der Waals surface area contributed by atoms with Crippen molar-refractivity contribution < 1.29 is 22.9 Å². The Kier molecular flexibility index (Phi) is 4.24. The summed E-state index contributed by atoms with van der Waals surface area (Å²) in [5, 5.41) is 0.759. The van der Waals surface area contributed by atoms with Crippen molar-refractivity contribution in [2.75, 3.05) is 0 Å². The van der Waals surface area contributed by atoms with Gasteiger partial charge in [-0.25, -0.2) is 9.37 Å². The molecule has 3 aromatic rings. The number of hydrogen-bond acceptors (Lipinski definition) is 5. The highest BCUT2D eigenvalue weighted by Crippen LogP contribution is 2.37. The molecule has 3 heterocycles. The van der Waals surface area contributed by atoms with Crippen LogP contribution in [0.3, 0.4) is 0 Å². The first-order valence-corrected chi connectivity index (χ1v) is 8.85. The summed E-state index contributed by atoms with van der Waals surface area (Å²) < 4.78 is 37.1. The second kappa shape index (κ2) is 6.35. The zero-order chi connectivity index (χ0) is 19.2. The van der Waals surface area contributed by atoms with E-state index < -0.39 is 25.0 Å². The van der Waals surface area contributed by atoms with Gasteiger partial charge in [-0.3, -0.25) is 0 Å². The lowest BCUT2D eigenvalue weighted by Gasteiger charge is -2.32. The number of fused-ring (bicyclic) bond motifs is 1. The van der Waals surface area contributed by atoms with Crippen LogP contribution in [0.2, 0.25) is 0 Å². The third-order valence-electron chi connectivity index (χ3n) is 5.32. The first-order chi connectivity index (χ1) is 12.8. The molecule has 0 N–H and O–H groups in total. The Morgan fingerprint density at radius 3 is 2.52 bits per heavy atom. The first-order valence-electron chi connectivity index (χ1n) is 8.85. The predicted molar refractivity (Wildman–Crippen MR) is 101 cm³/mol. The van der Waals surface area contributed by atoms with E-state index in [1.54, 1.807) is 42.8 Å². The summed E-state index contributed by atoms with van der Waals surface area (Å²) in [4.78, 5) is 4.24. The van der Waals surface area contributed by atoms with Crippen molar-refractivity contribution in [3.63, 3.8) is 0 Å².